The minimum absolute atomic E-state index is 0.00446. The zero-order chi connectivity index (χ0) is 12.2. The highest BCUT2D eigenvalue weighted by Gasteiger charge is 2.30. The van der Waals surface area contributed by atoms with Crippen LogP contribution in [-0.4, -0.2) is 22.5 Å². The fourth-order valence-corrected chi connectivity index (χ4v) is 1.40. The van der Waals surface area contributed by atoms with E-state index in [2.05, 4.69) is 10.1 Å². The summed E-state index contributed by atoms with van der Waals surface area (Å²) in [5.74, 6) is 0.861. The van der Waals surface area contributed by atoms with Crippen molar-refractivity contribution in [3.8, 4) is 0 Å². The summed E-state index contributed by atoms with van der Waals surface area (Å²) >= 11 is 0. The van der Waals surface area contributed by atoms with Gasteiger partial charge in [0.15, 0.2) is 0 Å². The highest BCUT2D eigenvalue weighted by Crippen LogP contribution is 2.26. The number of carbonyl (C=O) groups excluding carboxylic acids is 1. The molecule has 0 spiro atoms. The number of carbonyl (C=O) groups is 1. The van der Waals surface area contributed by atoms with Crippen LogP contribution in [0.4, 0.5) is 0 Å². The molecular formula is C11H18N2O3. The molecule has 0 bridgehead atoms. The predicted octanol–water partition coefficient (Wildman–Crippen LogP) is 1.86. The molecule has 0 amide bonds. The molecule has 0 N–H and O–H groups in total. The molecule has 0 saturated carbocycles. The Morgan fingerprint density at radius 1 is 1.50 bits per heavy atom. The van der Waals surface area contributed by atoms with E-state index < -0.39 is 5.60 Å². The monoisotopic (exact) mass is 226 g/mol. The summed E-state index contributed by atoms with van der Waals surface area (Å²) in [7, 11) is 0. The van der Waals surface area contributed by atoms with Crippen molar-refractivity contribution in [1.29, 1.82) is 0 Å². The van der Waals surface area contributed by atoms with Crippen LogP contribution in [0.25, 0.3) is 0 Å². The summed E-state index contributed by atoms with van der Waals surface area (Å²) in [5, 5.41) is 3.87. The lowest BCUT2D eigenvalue weighted by atomic mass is 10.0. The Bertz CT molecular complexity index is 362. The van der Waals surface area contributed by atoms with E-state index in [-0.39, 0.29) is 12.2 Å². The average molecular weight is 226 g/mol. The van der Waals surface area contributed by atoms with E-state index in [0.29, 0.717) is 18.3 Å². The fourth-order valence-electron chi connectivity index (χ4n) is 1.40. The molecule has 0 aromatic carbocycles. The second kappa shape index (κ2) is 5.21. The molecule has 0 aliphatic carbocycles. The molecule has 90 valence electrons. The summed E-state index contributed by atoms with van der Waals surface area (Å²) in [6.07, 6.45) is 0.929. The standard InChI is InChI=1S/C11H18N2O3/c1-5-11(4,15-6-2)10-12-9(16-13-10)7-8(3)14/h5-7H2,1-4H3. The van der Waals surface area contributed by atoms with Crippen LogP contribution in [0.1, 0.15) is 45.8 Å². The van der Waals surface area contributed by atoms with E-state index in [1.807, 2.05) is 20.8 Å². The summed E-state index contributed by atoms with van der Waals surface area (Å²) in [5.41, 5.74) is -0.534. The second-order valence-electron chi connectivity index (χ2n) is 3.91. The van der Waals surface area contributed by atoms with Gasteiger partial charge in [0.1, 0.15) is 11.4 Å². The van der Waals surface area contributed by atoms with E-state index in [0.717, 1.165) is 6.42 Å². The quantitative estimate of drug-likeness (QED) is 0.740. The number of ether oxygens (including phenoxy) is 1. The first-order valence-corrected chi connectivity index (χ1v) is 5.48. The van der Waals surface area contributed by atoms with Gasteiger partial charge >= 0.3 is 0 Å². The van der Waals surface area contributed by atoms with E-state index in [4.69, 9.17) is 9.26 Å². The first-order chi connectivity index (χ1) is 7.51. The van der Waals surface area contributed by atoms with Crippen LogP contribution in [0.3, 0.4) is 0 Å². The van der Waals surface area contributed by atoms with Gasteiger partial charge in [-0.3, -0.25) is 4.79 Å². The van der Waals surface area contributed by atoms with Crippen molar-refractivity contribution in [2.45, 2.75) is 46.1 Å². The van der Waals surface area contributed by atoms with Crippen LogP contribution in [0.5, 0.6) is 0 Å². The zero-order valence-corrected chi connectivity index (χ0v) is 10.2. The molecule has 0 aliphatic rings. The summed E-state index contributed by atoms with van der Waals surface area (Å²) in [6, 6.07) is 0. The molecule has 1 aromatic rings. The minimum atomic E-state index is -0.534. The van der Waals surface area contributed by atoms with Gasteiger partial charge < -0.3 is 9.26 Å². The smallest absolute Gasteiger partial charge is 0.234 e. The number of rotatable bonds is 6. The Hall–Kier alpha value is -1.23. The van der Waals surface area contributed by atoms with Crippen LogP contribution in [0.15, 0.2) is 4.52 Å². The Labute approximate surface area is 95.2 Å². The van der Waals surface area contributed by atoms with Gasteiger partial charge in [0.2, 0.25) is 11.7 Å². The molecule has 1 heterocycles. The Morgan fingerprint density at radius 3 is 2.69 bits per heavy atom. The predicted molar refractivity (Wildman–Crippen MR) is 58.0 cm³/mol. The highest BCUT2D eigenvalue weighted by atomic mass is 16.5. The molecule has 1 aromatic heterocycles. The van der Waals surface area contributed by atoms with Crippen molar-refractivity contribution >= 4 is 5.78 Å². The topological polar surface area (TPSA) is 65.2 Å². The van der Waals surface area contributed by atoms with Crippen LogP contribution >= 0.6 is 0 Å². The number of ketones is 1. The lowest BCUT2D eigenvalue weighted by molar-refractivity contribution is -0.116. The van der Waals surface area contributed by atoms with Crippen molar-refractivity contribution in [3.63, 3.8) is 0 Å². The van der Waals surface area contributed by atoms with Gasteiger partial charge in [-0.25, -0.2) is 0 Å². The van der Waals surface area contributed by atoms with Crippen molar-refractivity contribution in [1.82, 2.24) is 10.1 Å². The summed E-state index contributed by atoms with van der Waals surface area (Å²) < 4.78 is 10.6. The van der Waals surface area contributed by atoms with Crippen molar-refractivity contribution in [3.05, 3.63) is 11.7 Å². The molecule has 0 aliphatic heterocycles. The van der Waals surface area contributed by atoms with Gasteiger partial charge in [-0.1, -0.05) is 12.1 Å². The third-order valence-electron chi connectivity index (χ3n) is 2.48. The fraction of sp³-hybridized carbons (Fsp3) is 0.727. The normalized spacial score (nSPS) is 14.8. The van der Waals surface area contributed by atoms with Gasteiger partial charge in [0.25, 0.3) is 0 Å². The minimum Gasteiger partial charge on any atom is -0.367 e. The van der Waals surface area contributed by atoms with Crippen molar-refractivity contribution in [2.24, 2.45) is 0 Å². The molecule has 1 atom stereocenters. The van der Waals surface area contributed by atoms with Gasteiger partial charge in [0.05, 0.1) is 6.42 Å². The Balaban J connectivity index is 2.86. The first kappa shape index (κ1) is 12.8. The molecule has 0 fully saturated rings. The van der Waals surface area contributed by atoms with Crippen LogP contribution in [0.2, 0.25) is 0 Å². The Kier molecular flexibility index (Phi) is 4.18. The molecule has 0 radical (unpaired) electrons. The Morgan fingerprint density at radius 2 is 2.19 bits per heavy atom. The van der Waals surface area contributed by atoms with Gasteiger partial charge in [-0.05, 0) is 27.2 Å². The van der Waals surface area contributed by atoms with E-state index >= 15 is 0 Å². The van der Waals surface area contributed by atoms with Crippen LogP contribution < -0.4 is 0 Å². The van der Waals surface area contributed by atoms with E-state index in [1.54, 1.807) is 0 Å². The maximum atomic E-state index is 10.9. The van der Waals surface area contributed by atoms with Crippen LogP contribution in [0, 0.1) is 0 Å². The number of hydrogen-bond donors (Lipinski definition) is 0. The molecule has 1 unspecified atom stereocenters. The lowest BCUT2D eigenvalue weighted by Gasteiger charge is -2.23. The number of aromatic nitrogens is 2. The van der Waals surface area contributed by atoms with Gasteiger partial charge in [0, 0.05) is 6.61 Å². The summed E-state index contributed by atoms with van der Waals surface area (Å²) in [4.78, 5) is 15.1. The number of nitrogens with zero attached hydrogens (tertiary/aromatic N) is 2. The van der Waals surface area contributed by atoms with Gasteiger partial charge in [-0.15, -0.1) is 0 Å². The maximum Gasteiger partial charge on any atom is 0.234 e. The third kappa shape index (κ3) is 2.88. The van der Waals surface area contributed by atoms with Crippen molar-refractivity contribution in [2.75, 3.05) is 6.61 Å². The van der Waals surface area contributed by atoms with Gasteiger partial charge in [-0.2, -0.15) is 4.98 Å². The van der Waals surface area contributed by atoms with E-state index in [9.17, 15) is 4.79 Å². The molecule has 1 rings (SSSR count). The maximum absolute atomic E-state index is 10.9. The number of hydrogen-bond acceptors (Lipinski definition) is 5. The molecule has 5 heteroatoms. The van der Waals surface area contributed by atoms with E-state index in [1.165, 1.54) is 6.92 Å². The first-order valence-electron chi connectivity index (χ1n) is 5.48. The van der Waals surface area contributed by atoms with Crippen molar-refractivity contribution < 1.29 is 14.1 Å². The molecule has 0 saturated heterocycles. The third-order valence-corrected chi connectivity index (χ3v) is 2.48. The zero-order valence-electron chi connectivity index (χ0n) is 10.2. The number of Topliss-reactive ketones (excluding diaryl/α,β-unsaturated/α-hetero) is 1. The lowest BCUT2D eigenvalue weighted by Crippen LogP contribution is -2.26. The molecule has 5 nitrogen and oxygen atoms in total. The highest BCUT2D eigenvalue weighted by molar-refractivity contribution is 5.77. The average Bonchev–Trinajstić information content (AvgIpc) is 2.66. The summed E-state index contributed by atoms with van der Waals surface area (Å²) in [6.45, 7) is 7.91. The largest absolute Gasteiger partial charge is 0.367 e. The molecule has 16 heavy (non-hydrogen) atoms. The SMILES string of the molecule is CCOC(C)(CC)c1noc(CC(C)=O)n1. The van der Waals surface area contributed by atoms with Crippen LogP contribution in [-0.2, 0) is 21.6 Å². The molecular weight excluding hydrogens is 208 g/mol. The second-order valence-corrected chi connectivity index (χ2v) is 3.91.